The first kappa shape index (κ1) is 10.6. The Balaban J connectivity index is 0.000000146. The minimum atomic E-state index is -0.630. The number of hydroxylamine groups is 2. The van der Waals surface area contributed by atoms with Crippen LogP contribution in [0, 0.1) is 5.92 Å². The van der Waals surface area contributed by atoms with E-state index in [1.807, 2.05) is 0 Å². The van der Waals surface area contributed by atoms with E-state index in [2.05, 4.69) is 0 Å². The molecule has 78 valence electrons. The van der Waals surface area contributed by atoms with Crippen molar-refractivity contribution in [3.05, 3.63) is 0 Å². The Hall–Kier alpha value is -1.43. The molecule has 6 nitrogen and oxygen atoms in total. The van der Waals surface area contributed by atoms with Crippen LogP contribution in [-0.2, 0) is 14.4 Å². The SMILES string of the molecule is O=C(O)C1CC1.O=C1CCC(=O)N1O. The Morgan fingerprint density at radius 3 is 1.71 bits per heavy atom. The van der Waals surface area contributed by atoms with E-state index in [1.54, 1.807) is 0 Å². The van der Waals surface area contributed by atoms with Crippen LogP contribution in [0.15, 0.2) is 0 Å². The van der Waals surface area contributed by atoms with Crippen LogP contribution in [0.4, 0.5) is 0 Å². The zero-order valence-corrected chi connectivity index (χ0v) is 7.47. The van der Waals surface area contributed by atoms with Crippen LogP contribution < -0.4 is 0 Å². The zero-order chi connectivity index (χ0) is 10.7. The van der Waals surface area contributed by atoms with E-state index in [1.165, 1.54) is 0 Å². The fourth-order valence-corrected chi connectivity index (χ4v) is 0.895. The summed E-state index contributed by atoms with van der Waals surface area (Å²) in [6.45, 7) is 0. The molecule has 0 atom stereocenters. The predicted molar refractivity (Wildman–Crippen MR) is 43.2 cm³/mol. The van der Waals surface area contributed by atoms with Crippen LogP contribution in [0.25, 0.3) is 0 Å². The summed E-state index contributed by atoms with van der Waals surface area (Å²) in [5.41, 5.74) is 0. The maximum Gasteiger partial charge on any atom is 0.306 e. The second-order valence-corrected chi connectivity index (χ2v) is 3.21. The molecule has 1 saturated carbocycles. The number of hydrogen-bond acceptors (Lipinski definition) is 4. The van der Waals surface area contributed by atoms with Gasteiger partial charge < -0.3 is 5.11 Å². The van der Waals surface area contributed by atoms with Crippen molar-refractivity contribution in [2.45, 2.75) is 25.7 Å². The lowest BCUT2D eigenvalue weighted by atomic mass is 10.4. The second-order valence-electron chi connectivity index (χ2n) is 3.21. The Bertz CT molecular complexity index is 255. The number of amides is 2. The van der Waals surface area contributed by atoms with Gasteiger partial charge in [0.1, 0.15) is 0 Å². The van der Waals surface area contributed by atoms with Gasteiger partial charge >= 0.3 is 5.97 Å². The van der Waals surface area contributed by atoms with E-state index in [0.29, 0.717) is 0 Å². The Morgan fingerprint density at radius 1 is 1.21 bits per heavy atom. The van der Waals surface area contributed by atoms with Gasteiger partial charge in [0.2, 0.25) is 0 Å². The summed E-state index contributed by atoms with van der Waals surface area (Å²) in [7, 11) is 0. The van der Waals surface area contributed by atoms with Gasteiger partial charge in [-0.3, -0.25) is 19.6 Å². The zero-order valence-electron chi connectivity index (χ0n) is 7.47. The Morgan fingerprint density at radius 2 is 1.64 bits per heavy atom. The number of nitrogens with zero attached hydrogens (tertiary/aromatic N) is 1. The lowest BCUT2D eigenvalue weighted by molar-refractivity contribution is -0.171. The molecule has 2 aliphatic rings. The van der Waals surface area contributed by atoms with E-state index < -0.39 is 17.8 Å². The van der Waals surface area contributed by atoms with Gasteiger partial charge in [-0.2, -0.15) is 5.06 Å². The van der Waals surface area contributed by atoms with Gasteiger partial charge in [-0.15, -0.1) is 0 Å². The summed E-state index contributed by atoms with van der Waals surface area (Å²) in [5, 5.41) is 16.6. The summed E-state index contributed by atoms with van der Waals surface area (Å²) >= 11 is 0. The normalized spacial score (nSPS) is 20.5. The first-order valence-electron chi connectivity index (χ1n) is 4.30. The third-order valence-electron chi connectivity index (χ3n) is 1.95. The average molecular weight is 201 g/mol. The molecule has 0 aromatic heterocycles. The molecule has 1 aliphatic heterocycles. The molecule has 2 amide bonds. The quantitative estimate of drug-likeness (QED) is 0.460. The highest BCUT2D eigenvalue weighted by molar-refractivity contribution is 6.00. The van der Waals surface area contributed by atoms with Gasteiger partial charge in [0.05, 0.1) is 5.92 Å². The van der Waals surface area contributed by atoms with E-state index >= 15 is 0 Å². The lowest BCUT2D eigenvalue weighted by Gasteiger charge is -1.98. The summed E-state index contributed by atoms with van der Waals surface area (Å²) in [4.78, 5) is 30.2. The number of carboxylic acids is 1. The number of aliphatic carboxylic acids is 1. The molecule has 0 bridgehead atoms. The molecule has 1 aliphatic carbocycles. The smallest absolute Gasteiger partial charge is 0.306 e. The molecular weight excluding hydrogens is 190 g/mol. The van der Waals surface area contributed by atoms with Crippen molar-refractivity contribution in [1.29, 1.82) is 0 Å². The first-order valence-corrected chi connectivity index (χ1v) is 4.30. The van der Waals surface area contributed by atoms with Gasteiger partial charge in [0.15, 0.2) is 0 Å². The molecule has 0 aromatic carbocycles. The molecule has 0 aromatic rings. The standard InChI is InChI=1S/C4H5NO3.C4H6O2/c6-3-1-2-4(7)5(3)8;5-4(6)3-1-2-3/h8H,1-2H2;3H,1-2H2,(H,5,6). The minimum Gasteiger partial charge on any atom is -0.481 e. The van der Waals surface area contributed by atoms with Crippen molar-refractivity contribution in [3.63, 3.8) is 0 Å². The predicted octanol–water partition coefficient (Wildman–Crippen LogP) is 0.00560. The van der Waals surface area contributed by atoms with Crippen LogP contribution in [0.5, 0.6) is 0 Å². The van der Waals surface area contributed by atoms with Crippen molar-refractivity contribution in [2.75, 3.05) is 0 Å². The van der Waals surface area contributed by atoms with Gasteiger partial charge in [-0.1, -0.05) is 0 Å². The van der Waals surface area contributed by atoms with Crippen molar-refractivity contribution in [1.82, 2.24) is 5.06 Å². The molecule has 6 heteroatoms. The van der Waals surface area contributed by atoms with Crippen LogP contribution in [0.3, 0.4) is 0 Å². The monoisotopic (exact) mass is 201 g/mol. The number of imide groups is 1. The summed E-state index contributed by atoms with van der Waals surface area (Å²) in [5.74, 6) is -1.62. The second kappa shape index (κ2) is 4.19. The largest absolute Gasteiger partial charge is 0.481 e. The van der Waals surface area contributed by atoms with Crippen molar-refractivity contribution < 1.29 is 24.7 Å². The molecule has 2 rings (SSSR count). The van der Waals surface area contributed by atoms with E-state index in [-0.39, 0.29) is 23.8 Å². The molecular formula is C8H11NO5. The van der Waals surface area contributed by atoms with Crippen molar-refractivity contribution in [2.24, 2.45) is 5.92 Å². The molecule has 1 saturated heterocycles. The highest BCUT2D eigenvalue weighted by Crippen LogP contribution is 2.28. The van der Waals surface area contributed by atoms with Gasteiger partial charge in [-0.05, 0) is 12.8 Å². The van der Waals surface area contributed by atoms with Crippen LogP contribution in [-0.4, -0.2) is 33.2 Å². The summed E-state index contributed by atoms with van der Waals surface area (Å²) < 4.78 is 0. The average Bonchev–Trinajstić information content (AvgIpc) is 2.92. The van der Waals surface area contributed by atoms with Crippen LogP contribution >= 0.6 is 0 Å². The van der Waals surface area contributed by atoms with Crippen LogP contribution in [0.1, 0.15) is 25.7 Å². The molecule has 0 spiro atoms. The van der Waals surface area contributed by atoms with E-state index in [9.17, 15) is 14.4 Å². The Kier molecular flexibility index (Phi) is 3.19. The number of hydrogen-bond donors (Lipinski definition) is 2. The highest BCUT2D eigenvalue weighted by Gasteiger charge is 2.28. The van der Waals surface area contributed by atoms with E-state index in [4.69, 9.17) is 10.3 Å². The maximum absolute atomic E-state index is 10.2. The van der Waals surface area contributed by atoms with Crippen molar-refractivity contribution >= 4 is 17.8 Å². The highest BCUT2D eigenvalue weighted by atomic mass is 16.5. The molecule has 2 fully saturated rings. The summed E-state index contributed by atoms with van der Waals surface area (Å²) in [6.07, 6.45) is 2.09. The lowest BCUT2D eigenvalue weighted by Crippen LogP contribution is -2.24. The topological polar surface area (TPSA) is 94.9 Å². The number of carbonyl (C=O) groups is 3. The van der Waals surface area contributed by atoms with Gasteiger partial charge in [0.25, 0.3) is 11.8 Å². The molecule has 14 heavy (non-hydrogen) atoms. The fourth-order valence-electron chi connectivity index (χ4n) is 0.895. The number of carboxylic acid groups (broad SMARTS) is 1. The number of carbonyl (C=O) groups excluding carboxylic acids is 2. The third kappa shape index (κ3) is 2.81. The minimum absolute atomic E-state index is 0.0185. The first-order chi connectivity index (χ1) is 6.52. The fraction of sp³-hybridized carbons (Fsp3) is 0.625. The molecule has 2 N–H and O–H groups in total. The van der Waals surface area contributed by atoms with E-state index in [0.717, 1.165) is 12.8 Å². The van der Waals surface area contributed by atoms with Gasteiger partial charge in [-0.25, -0.2) is 0 Å². The Labute approximate surface area is 80.1 Å². The third-order valence-corrected chi connectivity index (χ3v) is 1.95. The summed E-state index contributed by atoms with van der Waals surface area (Å²) in [6, 6.07) is 0. The molecule has 1 heterocycles. The number of rotatable bonds is 1. The maximum atomic E-state index is 10.2. The van der Waals surface area contributed by atoms with Gasteiger partial charge in [0, 0.05) is 12.8 Å². The molecule has 0 radical (unpaired) electrons. The molecule has 0 unspecified atom stereocenters. The van der Waals surface area contributed by atoms with Crippen molar-refractivity contribution in [3.8, 4) is 0 Å². The van der Waals surface area contributed by atoms with Crippen LogP contribution in [0.2, 0.25) is 0 Å².